The van der Waals surface area contributed by atoms with Crippen LogP contribution in [0.15, 0.2) is 12.1 Å². The molecule has 0 spiro atoms. The van der Waals surface area contributed by atoms with E-state index < -0.39 is 0 Å². The number of phenolic OH excluding ortho intramolecular Hbond substituents is 1. The van der Waals surface area contributed by atoms with E-state index in [1.807, 2.05) is 5.48 Å². The molecule has 0 saturated carbocycles. The van der Waals surface area contributed by atoms with Crippen LogP contribution in [-0.4, -0.2) is 17.4 Å². The molecular weight excluding hydrogens is 194 g/mol. The van der Waals surface area contributed by atoms with Crippen molar-refractivity contribution in [3.63, 3.8) is 0 Å². The Hall–Kier alpha value is -0.970. The first-order valence-corrected chi connectivity index (χ1v) is 3.99. The summed E-state index contributed by atoms with van der Waals surface area (Å²) in [7, 11) is 1.48. The molecule has 4 nitrogen and oxygen atoms in total. The fourth-order valence-electron chi connectivity index (χ4n) is 0.994. The van der Waals surface area contributed by atoms with Crippen molar-refractivity contribution in [1.29, 1.82) is 0 Å². The number of hydrogen-bond acceptors (Lipinski definition) is 4. The van der Waals surface area contributed by atoms with Gasteiger partial charge in [-0.3, -0.25) is 0 Å². The van der Waals surface area contributed by atoms with Gasteiger partial charge in [-0.1, -0.05) is 11.6 Å². The van der Waals surface area contributed by atoms with Gasteiger partial charge in [-0.05, 0) is 12.1 Å². The number of aromatic hydroxyl groups is 1. The molecule has 0 heterocycles. The normalized spacial score (nSPS) is 10.1. The van der Waals surface area contributed by atoms with Crippen LogP contribution in [0.5, 0.6) is 11.5 Å². The molecular formula is C8H10ClNO3. The van der Waals surface area contributed by atoms with Crippen LogP contribution >= 0.6 is 11.6 Å². The summed E-state index contributed by atoms with van der Waals surface area (Å²) >= 11 is 5.86. The van der Waals surface area contributed by atoms with Gasteiger partial charge >= 0.3 is 0 Å². The number of hydrogen-bond donors (Lipinski definition) is 3. The van der Waals surface area contributed by atoms with Gasteiger partial charge in [-0.25, -0.2) is 5.48 Å². The van der Waals surface area contributed by atoms with E-state index in [0.717, 1.165) is 0 Å². The molecule has 0 saturated heterocycles. The molecule has 0 amide bonds. The number of nitrogens with one attached hydrogen (secondary N) is 1. The van der Waals surface area contributed by atoms with Gasteiger partial charge < -0.3 is 15.1 Å². The van der Waals surface area contributed by atoms with Gasteiger partial charge in [0.05, 0.1) is 18.7 Å². The smallest absolute Gasteiger partial charge is 0.138 e. The van der Waals surface area contributed by atoms with E-state index in [2.05, 4.69) is 0 Å². The molecule has 5 heteroatoms. The van der Waals surface area contributed by atoms with Gasteiger partial charge in [0.2, 0.25) is 0 Å². The number of halogens is 1. The van der Waals surface area contributed by atoms with Gasteiger partial charge in [0, 0.05) is 5.56 Å². The monoisotopic (exact) mass is 203 g/mol. The van der Waals surface area contributed by atoms with Crippen molar-refractivity contribution in [1.82, 2.24) is 5.48 Å². The van der Waals surface area contributed by atoms with Crippen molar-refractivity contribution >= 4 is 11.6 Å². The van der Waals surface area contributed by atoms with E-state index in [4.69, 9.17) is 21.5 Å². The predicted octanol–water partition coefficient (Wildman–Crippen LogP) is 1.53. The lowest BCUT2D eigenvalue weighted by Gasteiger charge is -2.09. The quantitative estimate of drug-likeness (QED) is 0.652. The van der Waals surface area contributed by atoms with E-state index in [1.165, 1.54) is 13.2 Å². The SMILES string of the molecule is COc1ccc(O)c(CNO)c1Cl. The van der Waals surface area contributed by atoms with E-state index in [1.54, 1.807) is 6.07 Å². The number of phenols is 1. The number of rotatable bonds is 3. The molecule has 72 valence electrons. The van der Waals surface area contributed by atoms with Crippen LogP contribution in [-0.2, 0) is 6.54 Å². The van der Waals surface area contributed by atoms with Crippen LogP contribution in [0.25, 0.3) is 0 Å². The van der Waals surface area contributed by atoms with Crippen LogP contribution in [0.4, 0.5) is 0 Å². The van der Waals surface area contributed by atoms with Gasteiger partial charge in [0.1, 0.15) is 11.5 Å². The first-order chi connectivity index (χ1) is 6.20. The Balaban J connectivity index is 3.13. The Labute approximate surface area is 80.7 Å². The number of methoxy groups -OCH3 is 1. The van der Waals surface area contributed by atoms with Crippen molar-refractivity contribution in [3.05, 3.63) is 22.7 Å². The molecule has 0 aromatic heterocycles. The molecule has 1 aromatic carbocycles. The summed E-state index contributed by atoms with van der Waals surface area (Å²) in [5.41, 5.74) is 2.32. The molecule has 1 aromatic rings. The van der Waals surface area contributed by atoms with Crippen molar-refractivity contribution in [2.24, 2.45) is 0 Å². The molecule has 0 aliphatic carbocycles. The second kappa shape index (κ2) is 4.32. The first kappa shape index (κ1) is 10.1. The Morgan fingerprint density at radius 1 is 1.54 bits per heavy atom. The van der Waals surface area contributed by atoms with Crippen LogP contribution in [0, 0.1) is 0 Å². The third-order valence-electron chi connectivity index (χ3n) is 1.66. The molecule has 0 aliphatic rings. The fraction of sp³-hybridized carbons (Fsp3) is 0.250. The van der Waals surface area contributed by atoms with Crippen molar-refractivity contribution in [3.8, 4) is 11.5 Å². The lowest BCUT2D eigenvalue weighted by Crippen LogP contribution is -2.07. The van der Waals surface area contributed by atoms with Crippen LogP contribution < -0.4 is 10.2 Å². The van der Waals surface area contributed by atoms with Crippen LogP contribution in [0.2, 0.25) is 5.02 Å². The van der Waals surface area contributed by atoms with E-state index in [0.29, 0.717) is 16.3 Å². The summed E-state index contributed by atoms with van der Waals surface area (Å²) in [5, 5.41) is 18.1. The highest BCUT2D eigenvalue weighted by molar-refractivity contribution is 6.33. The van der Waals surface area contributed by atoms with Gasteiger partial charge in [0.15, 0.2) is 0 Å². The van der Waals surface area contributed by atoms with E-state index in [9.17, 15) is 5.11 Å². The minimum Gasteiger partial charge on any atom is -0.508 e. The maximum absolute atomic E-state index is 9.35. The summed E-state index contributed by atoms with van der Waals surface area (Å²) in [6.45, 7) is 0.0713. The topological polar surface area (TPSA) is 61.7 Å². The number of hydroxylamine groups is 1. The molecule has 0 fully saturated rings. The standard InChI is InChI=1S/C8H10ClNO3/c1-13-7-3-2-6(11)5(4-10-12)8(7)9/h2-3,10-12H,4H2,1H3. The molecule has 0 unspecified atom stereocenters. The average molecular weight is 204 g/mol. The maximum Gasteiger partial charge on any atom is 0.138 e. The molecule has 0 radical (unpaired) electrons. The minimum absolute atomic E-state index is 0.0207. The maximum atomic E-state index is 9.35. The second-order valence-electron chi connectivity index (χ2n) is 2.41. The van der Waals surface area contributed by atoms with Crippen molar-refractivity contribution in [2.75, 3.05) is 7.11 Å². The lowest BCUT2D eigenvalue weighted by atomic mass is 10.2. The average Bonchev–Trinajstić information content (AvgIpc) is 2.12. The molecule has 0 aliphatic heterocycles. The molecule has 0 atom stereocenters. The van der Waals surface area contributed by atoms with E-state index in [-0.39, 0.29) is 12.3 Å². The summed E-state index contributed by atoms with van der Waals surface area (Å²) < 4.78 is 4.93. The number of benzene rings is 1. The third kappa shape index (κ3) is 2.03. The fourth-order valence-corrected chi connectivity index (χ4v) is 1.30. The Kier molecular flexibility index (Phi) is 3.36. The second-order valence-corrected chi connectivity index (χ2v) is 2.79. The molecule has 13 heavy (non-hydrogen) atoms. The highest BCUT2D eigenvalue weighted by atomic mass is 35.5. The molecule has 3 N–H and O–H groups in total. The molecule has 1 rings (SSSR count). The summed E-state index contributed by atoms with van der Waals surface area (Å²) in [4.78, 5) is 0. The van der Waals surface area contributed by atoms with Gasteiger partial charge in [-0.15, -0.1) is 0 Å². The lowest BCUT2D eigenvalue weighted by molar-refractivity contribution is 0.160. The van der Waals surface area contributed by atoms with Crippen LogP contribution in [0.3, 0.4) is 0 Å². The van der Waals surface area contributed by atoms with Crippen molar-refractivity contribution in [2.45, 2.75) is 6.54 Å². The largest absolute Gasteiger partial charge is 0.508 e. The zero-order valence-electron chi connectivity index (χ0n) is 7.04. The Morgan fingerprint density at radius 2 is 2.23 bits per heavy atom. The highest BCUT2D eigenvalue weighted by Gasteiger charge is 2.10. The van der Waals surface area contributed by atoms with Gasteiger partial charge in [-0.2, -0.15) is 0 Å². The van der Waals surface area contributed by atoms with Crippen LogP contribution in [0.1, 0.15) is 5.56 Å². The zero-order valence-corrected chi connectivity index (χ0v) is 7.80. The molecule has 0 bridgehead atoms. The zero-order chi connectivity index (χ0) is 9.84. The highest BCUT2D eigenvalue weighted by Crippen LogP contribution is 2.33. The Morgan fingerprint density at radius 3 is 2.77 bits per heavy atom. The minimum atomic E-state index is 0.0207. The first-order valence-electron chi connectivity index (χ1n) is 3.62. The summed E-state index contributed by atoms with van der Waals surface area (Å²) in [6.07, 6.45) is 0. The van der Waals surface area contributed by atoms with Crippen molar-refractivity contribution < 1.29 is 15.1 Å². The summed E-state index contributed by atoms with van der Waals surface area (Å²) in [6, 6.07) is 3.01. The van der Waals surface area contributed by atoms with E-state index >= 15 is 0 Å². The number of ether oxygens (including phenoxy) is 1. The predicted molar refractivity (Wildman–Crippen MR) is 48.3 cm³/mol. The van der Waals surface area contributed by atoms with Gasteiger partial charge in [0.25, 0.3) is 0 Å². The third-order valence-corrected chi connectivity index (χ3v) is 2.07. The summed E-state index contributed by atoms with van der Waals surface area (Å²) in [5.74, 6) is 0.483. The Bertz CT molecular complexity index is 304.